The summed E-state index contributed by atoms with van der Waals surface area (Å²) in [5.41, 5.74) is 3.32. The molecule has 108 valence electrons. The molecule has 0 amide bonds. The van der Waals surface area contributed by atoms with Crippen LogP contribution in [0.3, 0.4) is 0 Å². The fourth-order valence-electron chi connectivity index (χ4n) is 2.98. The molecule has 0 saturated carbocycles. The number of Topliss-reactive ketones (excluding diaryl/α,β-unsaturated/α-hetero) is 1. The highest BCUT2D eigenvalue weighted by Crippen LogP contribution is 2.29. The lowest BCUT2D eigenvalue weighted by Gasteiger charge is -2.34. The molecule has 2 nitrogen and oxygen atoms in total. The molecular formula is C18H18BrNO. The minimum absolute atomic E-state index is 0.167. The Bertz CT molecular complexity index is 668. The maximum Gasteiger partial charge on any atom is 0.182 e. The highest BCUT2D eigenvalue weighted by atomic mass is 79.9. The van der Waals surface area contributed by atoms with Crippen LogP contribution in [0, 0.1) is 5.92 Å². The van der Waals surface area contributed by atoms with Crippen molar-refractivity contribution in [3.05, 3.63) is 64.1 Å². The van der Waals surface area contributed by atoms with Crippen LogP contribution in [0.15, 0.2) is 53.0 Å². The van der Waals surface area contributed by atoms with E-state index in [2.05, 4.69) is 46.0 Å². The van der Waals surface area contributed by atoms with Gasteiger partial charge >= 0.3 is 0 Å². The van der Waals surface area contributed by atoms with Gasteiger partial charge in [-0.05, 0) is 36.1 Å². The van der Waals surface area contributed by atoms with Gasteiger partial charge < -0.3 is 4.90 Å². The van der Waals surface area contributed by atoms with Crippen LogP contribution in [0.4, 0.5) is 5.69 Å². The fourth-order valence-corrected chi connectivity index (χ4v) is 3.38. The molecule has 3 heteroatoms. The summed E-state index contributed by atoms with van der Waals surface area (Å²) in [6.07, 6.45) is 1.09. The van der Waals surface area contributed by atoms with Gasteiger partial charge in [0.1, 0.15) is 0 Å². The van der Waals surface area contributed by atoms with Crippen molar-refractivity contribution in [3.63, 3.8) is 0 Å². The number of anilines is 1. The van der Waals surface area contributed by atoms with E-state index >= 15 is 0 Å². The van der Waals surface area contributed by atoms with E-state index in [1.54, 1.807) is 0 Å². The lowest BCUT2D eigenvalue weighted by Crippen LogP contribution is -2.38. The van der Waals surface area contributed by atoms with E-state index < -0.39 is 0 Å². The van der Waals surface area contributed by atoms with E-state index in [9.17, 15) is 4.79 Å². The highest BCUT2D eigenvalue weighted by Gasteiger charge is 2.23. The topological polar surface area (TPSA) is 20.3 Å². The van der Waals surface area contributed by atoms with Crippen LogP contribution in [-0.2, 0) is 6.42 Å². The zero-order chi connectivity index (χ0) is 14.8. The number of ketones is 1. The van der Waals surface area contributed by atoms with Crippen LogP contribution >= 0.6 is 15.9 Å². The quantitative estimate of drug-likeness (QED) is 0.773. The Labute approximate surface area is 133 Å². The minimum atomic E-state index is 0.167. The van der Waals surface area contributed by atoms with Gasteiger partial charge in [-0.3, -0.25) is 4.79 Å². The summed E-state index contributed by atoms with van der Waals surface area (Å²) in [7, 11) is 0. The maximum atomic E-state index is 12.5. The number of benzene rings is 2. The number of hydrogen-bond acceptors (Lipinski definition) is 2. The molecule has 1 aliphatic rings. The molecule has 0 radical (unpaired) electrons. The Morgan fingerprint density at radius 3 is 2.86 bits per heavy atom. The van der Waals surface area contributed by atoms with Gasteiger partial charge in [0.05, 0.1) is 6.54 Å². The summed E-state index contributed by atoms with van der Waals surface area (Å²) >= 11 is 3.43. The third-order valence-electron chi connectivity index (χ3n) is 3.91. The first kappa shape index (κ1) is 14.3. The lowest BCUT2D eigenvalue weighted by molar-refractivity contribution is 0.0998. The largest absolute Gasteiger partial charge is 0.363 e. The van der Waals surface area contributed by atoms with E-state index in [-0.39, 0.29) is 5.78 Å². The number of halogens is 1. The van der Waals surface area contributed by atoms with E-state index in [0.29, 0.717) is 12.5 Å². The lowest BCUT2D eigenvalue weighted by atomic mass is 9.93. The molecule has 0 aliphatic carbocycles. The molecule has 0 N–H and O–H groups in total. The number of para-hydroxylation sites is 1. The average Bonchev–Trinajstić information content (AvgIpc) is 2.47. The highest BCUT2D eigenvalue weighted by molar-refractivity contribution is 9.10. The predicted molar refractivity (Wildman–Crippen MR) is 90.0 cm³/mol. The molecule has 3 rings (SSSR count). The van der Waals surface area contributed by atoms with E-state index in [1.165, 1.54) is 11.3 Å². The van der Waals surface area contributed by atoms with Crippen LogP contribution in [0.2, 0.25) is 0 Å². The third kappa shape index (κ3) is 3.18. The van der Waals surface area contributed by atoms with Crippen molar-refractivity contribution in [2.45, 2.75) is 13.3 Å². The first-order valence-electron chi connectivity index (χ1n) is 7.25. The SMILES string of the molecule is CC1Cc2ccccc2N(CC(=O)c2cccc(Br)c2)C1. The molecule has 0 spiro atoms. The molecule has 21 heavy (non-hydrogen) atoms. The van der Waals surface area contributed by atoms with E-state index in [1.807, 2.05) is 30.3 Å². The van der Waals surface area contributed by atoms with Gasteiger partial charge in [0.15, 0.2) is 5.78 Å². The van der Waals surface area contributed by atoms with Crippen LogP contribution in [-0.4, -0.2) is 18.9 Å². The van der Waals surface area contributed by atoms with Gasteiger partial charge in [-0.15, -0.1) is 0 Å². The Morgan fingerprint density at radius 1 is 1.24 bits per heavy atom. The molecular weight excluding hydrogens is 326 g/mol. The van der Waals surface area contributed by atoms with Crippen molar-refractivity contribution in [1.82, 2.24) is 0 Å². The Morgan fingerprint density at radius 2 is 2.05 bits per heavy atom. The molecule has 0 fully saturated rings. The van der Waals surface area contributed by atoms with Crippen LogP contribution in [0.1, 0.15) is 22.8 Å². The zero-order valence-corrected chi connectivity index (χ0v) is 13.6. The number of nitrogens with zero attached hydrogens (tertiary/aromatic N) is 1. The third-order valence-corrected chi connectivity index (χ3v) is 4.41. The van der Waals surface area contributed by atoms with Crippen molar-refractivity contribution in [1.29, 1.82) is 0 Å². The monoisotopic (exact) mass is 343 g/mol. The number of rotatable bonds is 3. The first-order chi connectivity index (χ1) is 10.1. The van der Waals surface area contributed by atoms with Crippen molar-refractivity contribution in [2.24, 2.45) is 5.92 Å². The van der Waals surface area contributed by atoms with Crippen molar-refractivity contribution in [3.8, 4) is 0 Å². The molecule has 1 heterocycles. The Hall–Kier alpha value is -1.61. The van der Waals surface area contributed by atoms with Gasteiger partial charge in [0, 0.05) is 22.3 Å². The molecule has 0 saturated heterocycles. The van der Waals surface area contributed by atoms with E-state index in [4.69, 9.17) is 0 Å². The minimum Gasteiger partial charge on any atom is -0.363 e. The molecule has 1 aliphatic heterocycles. The average molecular weight is 344 g/mol. The van der Waals surface area contributed by atoms with Gasteiger partial charge in [-0.25, -0.2) is 0 Å². The second kappa shape index (κ2) is 6.02. The fraction of sp³-hybridized carbons (Fsp3) is 0.278. The number of carbonyl (C=O) groups is 1. The summed E-state index contributed by atoms with van der Waals surface area (Å²) in [5, 5.41) is 0. The summed E-state index contributed by atoms with van der Waals surface area (Å²) in [5.74, 6) is 0.746. The Balaban J connectivity index is 1.83. The summed E-state index contributed by atoms with van der Waals surface area (Å²) in [6.45, 7) is 3.63. The summed E-state index contributed by atoms with van der Waals surface area (Å²) in [6, 6.07) is 16.0. The molecule has 1 unspecified atom stereocenters. The van der Waals surface area contributed by atoms with Crippen LogP contribution in [0.25, 0.3) is 0 Å². The second-order valence-corrected chi connectivity index (χ2v) is 6.67. The molecule has 0 aromatic heterocycles. The van der Waals surface area contributed by atoms with Crippen LogP contribution < -0.4 is 4.90 Å². The van der Waals surface area contributed by atoms with E-state index in [0.717, 1.165) is 23.0 Å². The van der Waals surface area contributed by atoms with Gasteiger partial charge in [-0.1, -0.05) is 53.2 Å². The smallest absolute Gasteiger partial charge is 0.182 e. The first-order valence-corrected chi connectivity index (χ1v) is 8.04. The summed E-state index contributed by atoms with van der Waals surface area (Å²) in [4.78, 5) is 14.7. The molecule has 2 aromatic rings. The van der Waals surface area contributed by atoms with Gasteiger partial charge in [0.25, 0.3) is 0 Å². The van der Waals surface area contributed by atoms with Gasteiger partial charge in [0.2, 0.25) is 0 Å². The normalized spacial score (nSPS) is 17.4. The van der Waals surface area contributed by atoms with Crippen LogP contribution in [0.5, 0.6) is 0 Å². The number of fused-ring (bicyclic) bond motifs is 1. The molecule has 0 bridgehead atoms. The van der Waals surface area contributed by atoms with Crippen molar-refractivity contribution >= 4 is 27.4 Å². The predicted octanol–water partition coefficient (Wildman–Crippen LogP) is 4.33. The molecule has 1 atom stereocenters. The zero-order valence-electron chi connectivity index (χ0n) is 12.1. The second-order valence-electron chi connectivity index (χ2n) is 5.75. The standard InChI is InChI=1S/C18H18BrNO/c1-13-9-14-5-2-3-8-17(14)20(11-13)12-18(21)15-6-4-7-16(19)10-15/h2-8,10,13H,9,11-12H2,1H3. The number of carbonyl (C=O) groups excluding carboxylic acids is 1. The maximum absolute atomic E-state index is 12.5. The number of hydrogen-bond donors (Lipinski definition) is 0. The van der Waals surface area contributed by atoms with Crippen molar-refractivity contribution < 1.29 is 4.79 Å². The summed E-state index contributed by atoms with van der Waals surface area (Å²) < 4.78 is 0.945. The Kier molecular flexibility index (Phi) is 4.11. The van der Waals surface area contributed by atoms with Gasteiger partial charge in [-0.2, -0.15) is 0 Å². The van der Waals surface area contributed by atoms with Crippen molar-refractivity contribution in [2.75, 3.05) is 18.0 Å². The molecule has 2 aromatic carbocycles.